The Morgan fingerprint density at radius 3 is 2.74 bits per heavy atom. The van der Waals surface area contributed by atoms with Gasteiger partial charge in [-0.2, -0.15) is 0 Å². The van der Waals surface area contributed by atoms with Crippen LogP contribution in [0.2, 0.25) is 0 Å². The van der Waals surface area contributed by atoms with Crippen molar-refractivity contribution in [2.75, 3.05) is 11.6 Å². The van der Waals surface area contributed by atoms with Crippen LogP contribution in [0.1, 0.15) is 23.2 Å². The molecular weight excluding hydrogens is 317 g/mol. The van der Waals surface area contributed by atoms with Gasteiger partial charge in [-0.25, -0.2) is 9.37 Å². The fourth-order valence-electron chi connectivity index (χ4n) is 2.11. The van der Waals surface area contributed by atoms with E-state index in [0.29, 0.717) is 27.7 Å². The number of amides is 1. The summed E-state index contributed by atoms with van der Waals surface area (Å²) in [6, 6.07) is 4.52. The minimum atomic E-state index is -0.369. The van der Waals surface area contributed by atoms with Crippen molar-refractivity contribution in [1.82, 2.24) is 9.97 Å². The molecule has 1 amide bonds. The highest BCUT2D eigenvalue weighted by Gasteiger charge is 2.11. The minimum absolute atomic E-state index is 0.125. The molecule has 0 fully saturated rings. The van der Waals surface area contributed by atoms with Gasteiger partial charge < -0.3 is 10.3 Å². The lowest BCUT2D eigenvalue weighted by molar-refractivity contribution is -0.116. The van der Waals surface area contributed by atoms with Crippen molar-refractivity contribution in [3.63, 3.8) is 0 Å². The molecule has 0 saturated heterocycles. The van der Waals surface area contributed by atoms with Crippen LogP contribution in [-0.2, 0) is 11.2 Å². The first-order chi connectivity index (χ1) is 10.9. The van der Waals surface area contributed by atoms with Crippen LogP contribution in [-0.4, -0.2) is 22.1 Å². The fourth-order valence-corrected chi connectivity index (χ4v) is 2.53. The second-order valence-corrected chi connectivity index (χ2v) is 5.95. The van der Waals surface area contributed by atoms with Crippen LogP contribution in [0.5, 0.6) is 0 Å². The lowest BCUT2D eigenvalue weighted by Gasteiger charge is -2.08. The number of nitrogens with zero attached hydrogens (tertiary/aromatic N) is 1. The molecule has 0 radical (unpaired) electrons. The maximum atomic E-state index is 13.5. The molecule has 1 aromatic carbocycles. The fraction of sp³-hybridized carbons (Fsp3) is 0.312. The van der Waals surface area contributed by atoms with Crippen molar-refractivity contribution in [2.24, 2.45) is 0 Å². The van der Waals surface area contributed by atoms with E-state index in [1.807, 2.05) is 6.26 Å². The zero-order chi connectivity index (χ0) is 17.0. The molecule has 2 aromatic rings. The van der Waals surface area contributed by atoms with Crippen LogP contribution in [0.4, 0.5) is 10.1 Å². The predicted molar refractivity (Wildman–Crippen MR) is 89.5 cm³/mol. The number of hydrogen-bond donors (Lipinski definition) is 2. The quantitative estimate of drug-likeness (QED) is 0.651. The Balaban J connectivity index is 2.02. The van der Waals surface area contributed by atoms with Crippen LogP contribution in [0.15, 0.2) is 28.2 Å². The predicted octanol–water partition coefficient (Wildman–Crippen LogP) is 2.82. The molecule has 1 aromatic heterocycles. The molecule has 0 atom stereocenters. The third-order valence-corrected chi connectivity index (χ3v) is 4.03. The summed E-state index contributed by atoms with van der Waals surface area (Å²) in [4.78, 5) is 30.9. The number of aryl methyl sites for hydroxylation is 2. The summed E-state index contributed by atoms with van der Waals surface area (Å²) in [5, 5.41) is 3.18. The molecule has 7 heteroatoms. The lowest BCUT2D eigenvalue weighted by Crippen LogP contribution is -2.20. The molecule has 0 saturated carbocycles. The molecule has 0 bridgehead atoms. The van der Waals surface area contributed by atoms with Gasteiger partial charge in [-0.3, -0.25) is 9.59 Å². The molecule has 0 unspecified atom stereocenters. The highest BCUT2D eigenvalue weighted by molar-refractivity contribution is 7.98. The summed E-state index contributed by atoms with van der Waals surface area (Å²) in [7, 11) is 0. The second-order valence-electron chi connectivity index (χ2n) is 5.15. The number of nitrogens with one attached hydrogen (secondary N) is 2. The monoisotopic (exact) mass is 335 g/mol. The summed E-state index contributed by atoms with van der Waals surface area (Å²) >= 11 is 1.35. The number of carbonyl (C=O) groups excluding carboxylic acids is 1. The maximum Gasteiger partial charge on any atom is 0.254 e. The maximum absolute atomic E-state index is 13.5. The molecule has 0 aliphatic rings. The summed E-state index contributed by atoms with van der Waals surface area (Å²) < 4.78 is 13.5. The normalized spacial score (nSPS) is 10.6. The van der Waals surface area contributed by atoms with Crippen molar-refractivity contribution in [3.8, 4) is 0 Å². The smallest absolute Gasteiger partial charge is 0.254 e. The largest absolute Gasteiger partial charge is 0.326 e. The van der Waals surface area contributed by atoms with Crippen molar-refractivity contribution >= 4 is 23.4 Å². The van der Waals surface area contributed by atoms with Gasteiger partial charge in [0.15, 0.2) is 5.16 Å². The molecular formula is C16H18FN3O2S. The van der Waals surface area contributed by atoms with E-state index < -0.39 is 0 Å². The van der Waals surface area contributed by atoms with Crippen molar-refractivity contribution in [2.45, 2.75) is 31.8 Å². The topological polar surface area (TPSA) is 74.8 Å². The van der Waals surface area contributed by atoms with Gasteiger partial charge in [0.1, 0.15) is 5.82 Å². The van der Waals surface area contributed by atoms with Gasteiger partial charge in [-0.1, -0.05) is 17.8 Å². The third-order valence-electron chi connectivity index (χ3n) is 3.45. The Bertz CT molecular complexity index is 789. The van der Waals surface area contributed by atoms with Gasteiger partial charge in [-0.15, -0.1) is 0 Å². The van der Waals surface area contributed by atoms with Crippen LogP contribution in [0.3, 0.4) is 0 Å². The summed E-state index contributed by atoms with van der Waals surface area (Å²) in [6.45, 7) is 3.40. The minimum Gasteiger partial charge on any atom is -0.326 e. The van der Waals surface area contributed by atoms with E-state index in [9.17, 15) is 14.0 Å². The van der Waals surface area contributed by atoms with Gasteiger partial charge in [0.05, 0.1) is 0 Å². The highest BCUT2D eigenvalue weighted by Crippen LogP contribution is 2.14. The molecule has 23 heavy (non-hydrogen) atoms. The van der Waals surface area contributed by atoms with Crippen LogP contribution in [0.25, 0.3) is 0 Å². The van der Waals surface area contributed by atoms with Gasteiger partial charge in [0.2, 0.25) is 5.91 Å². The second kappa shape index (κ2) is 7.41. The first-order valence-corrected chi connectivity index (χ1v) is 8.33. The lowest BCUT2D eigenvalue weighted by atomic mass is 10.1. The van der Waals surface area contributed by atoms with E-state index in [0.717, 1.165) is 0 Å². The van der Waals surface area contributed by atoms with Crippen LogP contribution >= 0.6 is 11.8 Å². The van der Waals surface area contributed by atoms with E-state index in [1.54, 1.807) is 26.0 Å². The Morgan fingerprint density at radius 1 is 1.39 bits per heavy atom. The third kappa shape index (κ3) is 4.41. The van der Waals surface area contributed by atoms with E-state index in [2.05, 4.69) is 15.3 Å². The molecule has 0 aliphatic carbocycles. The van der Waals surface area contributed by atoms with E-state index in [1.165, 1.54) is 17.8 Å². The van der Waals surface area contributed by atoms with E-state index >= 15 is 0 Å². The average molecular weight is 335 g/mol. The molecule has 2 rings (SSSR count). The number of carbonyl (C=O) groups is 1. The van der Waals surface area contributed by atoms with Crippen molar-refractivity contribution in [3.05, 3.63) is 51.2 Å². The number of aromatic nitrogens is 2. The van der Waals surface area contributed by atoms with Crippen LogP contribution < -0.4 is 10.9 Å². The van der Waals surface area contributed by atoms with Crippen molar-refractivity contribution in [1.29, 1.82) is 0 Å². The average Bonchev–Trinajstić information content (AvgIpc) is 2.50. The number of anilines is 1. The number of thioether (sulfide) groups is 1. The number of rotatable bonds is 5. The van der Waals surface area contributed by atoms with E-state index in [-0.39, 0.29) is 30.1 Å². The van der Waals surface area contributed by atoms with Gasteiger partial charge in [0, 0.05) is 23.4 Å². The Hall–Kier alpha value is -2.15. The van der Waals surface area contributed by atoms with E-state index in [4.69, 9.17) is 0 Å². The van der Waals surface area contributed by atoms with Gasteiger partial charge in [-0.05, 0) is 44.2 Å². The van der Waals surface area contributed by atoms with Gasteiger partial charge >= 0.3 is 0 Å². The number of benzene rings is 1. The van der Waals surface area contributed by atoms with Gasteiger partial charge in [0.25, 0.3) is 5.56 Å². The SMILES string of the molecule is CSc1nc(C)c(CCC(=O)Nc2ccc(C)c(F)c2)c(=O)[nH]1. The number of H-pyrrole nitrogens is 1. The Morgan fingerprint density at radius 2 is 2.13 bits per heavy atom. The Labute approximate surface area is 137 Å². The zero-order valence-electron chi connectivity index (χ0n) is 13.2. The summed E-state index contributed by atoms with van der Waals surface area (Å²) in [6.07, 6.45) is 2.23. The molecule has 0 spiro atoms. The standard InChI is InChI=1S/C16H18FN3O2S/c1-9-4-5-11(8-13(9)17)19-14(21)7-6-12-10(2)18-16(23-3)20-15(12)22/h4-5,8H,6-7H2,1-3H3,(H,19,21)(H,18,20,22). The number of aromatic amines is 1. The summed E-state index contributed by atoms with van der Waals surface area (Å²) in [5.41, 5.74) is 1.81. The molecule has 0 aliphatic heterocycles. The molecule has 5 nitrogen and oxygen atoms in total. The van der Waals surface area contributed by atoms with Crippen LogP contribution in [0, 0.1) is 19.7 Å². The Kier molecular flexibility index (Phi) is 5.54. The number of halogens is 1. The summed E-state index contributed by atoms with van der Waals surface area (Å²) in [5.74, 6) is -0.645. The molecule has 2 N–H and O–H groups in total. The molecule has 122 valence electrons. The first kappa shape index (κ1) is 17.2. The highest BCUT2D eigenvalue weighted by atomic mass is 32.2. The number of hydrogen-bond acceptors (Lipinski definition) is 4. The van der Waals surface area contributed by atoms with Crippen molar-refractivity contribution < 1.29 is 9.18 Å². The zero-order valence-corrected chi connectivity index (χ0v) is 14.0. The molecule has 1 heterocycles. The first-order valence-electron chi connectivity index (χ1n) is 7.10.